The molecule has 0 unspecified atom stereocenters. The number of likely N-dealkylation sites (N-methyl/N-ethyl adjacent to an activating group) is 1. The lowest BCUT2D eigenvalue weighted by Crippen LogP contribution is -2.47. The maximum Gasteiger partial charge on any atom is 0.208 e. The van der Waals surface area contributed by atoms with Crippen LogP contribution < -0.4 is 4.90 Å². The SMILES string of the molecule is C[C@@H]1CN(CCN(C)c2nnc(Cc3ccccc3F)s2)C[C@H](C)O1. The number of ether oxygens (including phenoxy) is 1. The van der Waals surface area contributed by atoms with E-state index in [4.69, 9.17) is 4.74 Å². The van der Waals surface area contributed by atoms with Crippen molar-refractivity contribution in [1.82, 2.24) is 15.1 Å². The van der Waals surface area contributed by atoms with E-state index >= 15 is 0 Å². The number of hydrogen-bond donors (Lipinski definition) is 0. The molecule has 1 fully saturated rings. The quantitative estimate of drug-likeness (QED) is 0.788. The van der Waals surface area contributed by atoms with E-state index in [0.29, 0.717) is 12.0 Å². The maximum atomic E-state index is 13.8. The molecule has 0 N–H and O–H groups in total. The summed E-state index contributed by atoms with van der Waals surface area (Å²) in [5.41, 5.74) is 0.657. The topological polar surface area (TPSA) is 41.5 Å². The van der Waals surface area contributed by atoms with Gasteiger partial charge in [0, 0.05) is 39.6 Å². The number of benzene rings is 1. The van der Waals surface area contributed by atoms with Gasteiger partial charge in [-0.05, 0) is 25.5 Å². The first-order valence-corrected chi connectivity index (χ1v) is 9.47. The Balaban J connectivity index is 1.54. The zero-order chi connectivity index (χ0) is 17.8. The fourth-order valence-electron chi connectivity index (χ4n) is 3.13. The molecule has 136 valence electrons. The number of hydrogen-bond acceptors (Lipinski definition) is 6. The Morgan fingerprint density at radius 1 is 1.24 bits per heavy atom. The number of rotatable bonds is 6. The van der Waals surface area contributed by atoms with Crippen LogP contribution in [-0.4, -0.2) is 60.5 Å². The average molecular weight is 364 g/mol. The number of halogens is 1. The highest BCUT2D eigenvalue weighted by molar-refractivity contribution is 7.15. The monoisotopic (exact) mass is 364 g/mol. The van der Waals surface area contributed by atoms with E-state index in [-0.39, 0.29) is 18.0 Å². The average Bonchev–Trinajstić information content (AvgIpc) is 3.03. The van der Waals surface area contributed by atoms with Crippen molar-refractivity contribution in [2.75, 3.05) is 38.1 Å². The van der Waals surface area contributed by atoms with Crippen LogP contribution in [0.3, 0.4) is 0 Å². The molecule has 0 radical (unpaired) electrons. The summed E-state index contributed by atoms with van der Waals surface area (Å²) in [6.07, 6.45) is 1.04. The molecule has 2 heterocycles. The van der Waals surface area contributed by atoms with E-state index in [1.807, 2.05) is 13.1 Å². The van der Waals surface area contributed by atoms with Crippen LogP contribution in [0.1, 0.15) is 24.4 Å². The molecule has 5 nitrogen and oxygen atoms in total. The van der Waals surface area contributed by atoms with Crippen molar-refractivity contribution in [3.05, 3.63) is 40.7 Å². The van der Waals surface area contributed by atoms with Gasteiger partial charge in [-0.25, -0.2) is 4.39 Å². The first-order valence-electron chi connectivity index (χ1n) is 8.66. The van der Waals surface area contributed by atoms with Gasteiger partial charge < -0.3 is 9.64 Å². The van der Waals surface area contributed by atoms with Gasteiger partial charge in [-0.2, -0.15) is 0 Å². The van der Waals surface area contributed by atoms with Gasteiger partial charge in [-0.15, -0.1) is 10.2 Å². The second-order valence-corrected chi connectivity index (χ2v) is 7.73. The zero-order valence-electron chi connectivity index (χ0n) is 15.0. The normalized spacial score (nSPS) is 21.4. The minimum Gasteiger partial charge on any atom is -0.373 e. The molecular formula is C18H25FN4OS. The maximum absolute atomic E-state index is 13.8. The highest BCUT2D eigenvalue weighted by atomic mass is 32.1. The molecule has 2 aromatic rings. The molecule has 0 spiro atoms. The molecule has 0 saturated carbocycles. The van der Waals surface area contributed by atoms with Crippen LogP contribution >= 0.6 is 11.3 Å². The highest BCUT2D eigenvalue weighted by Crippen LogP contribution is 2.22. The molecule has 7 heteroatoms. The summed E-state index contributed by atoms with van der Waals surface area (Å²) >= 11 is 1.53. The van der Waals surface area contributed by atoms with Crippen molar-refractivity contribution in [2.24, 2.45) is 0 Å². The fraction of sp³-hybridized carbons (Fsp3) is 0.556. The van der Waals surface area contributed by atoms with E-state index < -0.39 is 0 Å². The Morgan fingerprint density at radius 2 is 1.96 bits per heavy atom. The lowest BCUT2D eigenvalue weighted by atomic mass is 10.1. The van der Waals surface area contributed by atoms with Gasteiger partial charge in [0.25, 0.3) is 0 Å². The lowest BCUT2D eigenvalue weighted by Gasteiger charge is -2.36. The Kier molecular flexibility index (Phi) is 5.98. The van der Waals surface area contributed by atoms with Crippen molar-refractivity contribution >= 4 is 16.5 Å². The third-order valence-electron chi connectivity index (χ3n) is 4.33. The Bertz CT molecular complexity index is 685. The third kappa shape index (κ3) is 4.96. The second-order valence-electron chi connectivity index (χ2n) is 6.69. The fourth-order valence-corrected chi connectivity index (χ4v) is 3.98. The molecule has 1 aromatic carbocycles. The Hall–Kier alpha value is -1.57. The third-order valence-corrected chi connectivity index (χ3v) is 5.37. The van der Waals surface area contributed by atoms with Gasteiger partial charge in [-0.1, -0.05) is 29.5 Å². The summed E-state index contributed by atoms with van der Waals surface area (Å²) in [7, 11) is 2.03. The van der Waals surface area contributed by atoms with Gasteiger partial charge in [0.1, 0.15) is 10.8 Å². The minimum atomic E-state index is -0.192. The number of morpholine rings is 1. The molecule has 1 aliphatic rings. The van der Waals surface area contributed by atoms with Gasteiger partial charge in [0.2, 0.25) is 5.13 Å². The lowest BCUT2D eigenvalue weighted by molar-refractivity contribution is -0.0670. The van der Waals surface area contributed by atoms with E-state index in [9.17, 15) is 4.39 Å². The van der Waals surface area contributed by atoms with Crippen molar-refractivity contribution in [1.29, 1.82) is 0 Å². The summed E-state index contributed by atoms with van der Waals surface area (Å²) in [5, 5.41) is 10.2. The van der Waals surface area contributed by atoms with Crippen LogP contribution in [0.4, 0.5) is 9.52 Å². The zero-order valence-corrected chi connectivity index (χ0v) is 15.8. The van der Waals surface area contributed by atoms with Crippen LogP contribution in [0.5, 0.6) is 0 Å². The largest absolute Gasteiger partial charge is 0.373 e. The van der Waals surface area contributed by atoms with Crippen LogP contribution in [0.25, 0.3) is 0 Å². The summed E-state index contributed by atoms with van der Waals surface area (Å²) in [4.78, 5) is 4.55. The predicted octanol–water partition coefficient (Wildman–Crippen LogP) is 2.81. The summed E-state index contributed by atoms with van der Waals surface area (Å²) < 4.78 is 19.5. The number of aromatic nitrogens is 2. The van der Waals surface area contributed by atoms with E-state index in [1.54, 1.807) is 12.1 Å². The molecule has 1 aliphatic heterocycles. The van der Waals surface area contributed by atoms with E-state index in [0.717, 1.165) is 36.3 Å². The molecule has 3 rings (SSSR count). The van der Waals surface area contributed by atoms with Gasteiger partial charge >= 0.3 is 0 Å². The summed E-state index contributed by atoms with van der Waals surface area (Å²) in [6, 6.07) is 6.82. The number of nitrogens with zero attached hydrogens (tertiary/aromatic N) is 4. The predicted molar refractivity (Wildman–Crippen MR) is 98.8 cm³/mol. The van der Waals surface area contributed by atoms with Crippen LogP contribution in [0, 0.1) is 5.82 Å². The molecule has 0 bridgehead atoms. The minimum absolute atomic E-state index is 0.192. The van der Waals surface area contributed by atoms with Crippen molar-refractivity contribution in [3.63, 3.8) is 0 Å². The Labute approximate surface area is 152 Å². The number of anilines is 1. The summed E-state index contributed by atoms with van der Waals surface area (Å²) in [6.45, 7) is 8.02. The van der Waals surface area contributed by atoms with Crippen molar-refractivity contribution in [3.8, 4) is 0 Å². The molecule has 25 heavy (non-hydrogen) atoms. The standard InChI is InChI=1S/C18H25FN4OS/c1-13-11-23(12-14(2)24-13)9-8-22(3)18-21-20-17(25-18)10-15-6-4-5-7-16(15)19/h4-7,13-14H,8-12H2,1-3H3/t13-,14+. The molecule has 0 aliphatic carbocycles. The molecule has 1 saturated heterocycles. The first kappa shape index (κ1) is 18.2. The first-order chi connectivity index (χ1) is 12.0. The van der Waals surface area contributed by atoms with Crippen LogP contribution in [0.15, 0.2) is 24.3 Å². The van der Waals surface area contributed by atoms with Crippen LogP contribution in [0.2, 0.25) is 0 Å². The van der Waals surface area contributed by atoms with Crippen molar-refractivity contribution in [2.45, 2.75) is 32.5 Å². The van der Waals surface area contributed by atoms with Crippen molar-refractivity contribution < 1.29 is 9.13 Å². The second kappa shape index (κ2) is 8.21. The van der Waals surface area contributed by atoms with Gasteiger partial charge in [-0.3, -0.25) is 4.90 Å². The molecule has 2 atom stereocenters. The summed E-state index contributed by atoms with van der Waals surface area (Å²) in [5.74, 6) is -0.192. The molecule has 1 aromatic heterocycles. The smallest absolute Gasteiger partial charge is 0.208 e. The highest BCUT2D eigenvalue weighted by Gasteiger charge is 2.22. The van der Waals surface area contributed by atoms with Gasteiger partial charge in [0.15, 0.2) is 0 Å². The molecular weight excluding hydrogens is 339 g/mol. The Morgan fingerprint density at radius 3 is 2.68 bits per heavy atom. The van der Waals surface area contributed by atoms with Crippen LogP contribution in [-0.2, 0) is 11.2 Å². The van der Waals surface area contributed by atoms with Gasteiger partial charge in [0.05, 0.1) is 12.2 Å². The van der Waals surface area contributed by atoms with E-state index in [1.165, 1.54) is 17.4 Å². The van der Waals surface area contributed by atoms with E-state index in [2.05, 4.69) is 33.8 Å². The molecule has 0 amide bonds.